The first-order valence-electron chi connectivity index (χ1n) is 20.9. The number of ketones is 3. The third kappa shape index (κ3) is 6.03. The average Bonchev–Trinajstić information content (AvgIpc) is 3.54. The van der Waals surface area contributed by atoms with E-state index < -0.39 is 0 Å². The van der Waals surface area contributed by atoms with Gasteiger partial charge in [-0.05, 0) is 167 Å². The zero-order valence-electron chi connectivity index (χ0n) is 32.0. The molecule has 14 unspecified atom stereocenters. The van der Waals surface area contributed by atoms with E-state index in [9.17, 15) is 19.2 Å². The maximum Gasteiger partial charge on any atom is 0.306 e. The number of hydrogen-bond acceptors (Lipinski definition) is 5. The highest BCUT2D eigenvalue weighted by Crippen LogP contribution is 2.67. The monoisotopic (exact) mass is 677 g/mol. The maximum atomic E-state index is 12.5. The highest BCUT2D eigenvalue weighted by atomic mass is 16.5. The Morgan fingerprint density at radius 2 is 1.12 bits per heavy atom. The second-order valence-corrected chi connectivity index (χ2v) is 20.1. The summed E-state index contributed by atoms with van der Waals surface area (Å²) in [5.41, 5.74) is 0.945. The lowest BCUT2D eigenvalue weighted by Gasteiger charge is -2.60. The van der Waals surface area contributed by atoms with Crippen LogP contribution in [0.4, 0.5) is 0 Å². The van der Waals surface area contributed by atoms with E-state index in [1.54, 1.807) is 0 Å². The molecule has 5 heteroatoms. The largest absolute Gasteiger partial charge is 0.462 e. The van der Waals surface area contributed by atoms with Crippen LogP contribution in [-0.4, -0.2) is 29.4 Å². The Hall–Kier alpha value is -1.52. The zero-order chi connectivity index (χ0) is 34.9. The topological polar surface area (TPSA) is 77.5 Å². The lowest BCUT2D eigenvalue weighted by molar-refractivity contribution is -0.162. The third-order valence-electron chi connectivity index (χ3n) is 17.9. The Labute approximate surface area is 297 Å². The van der Waals surface area contributed by atoms with Crippen LogP contribution < -0.4 is 0 Å². The number of carbonyl (C=O) groups excluding carboxylic acids is 4. The van der Waals surface area contributed by atoms with Crippen LogP contribution in [0.3, 0.4) is 0 Å². The minimum absolute atomic E-state index is 0.0241. The first-order chi connectivity index (χ1) is 23.2. The van der Waals surface area contributed by atoms with Crippen molar-refractivity contribution in [2.45, 2.75) is 176 Å². The molecular formula is C44H68O5. The third-order valence-corrected chi connectivity index (χ3v) is 17.9. The molecular weight excluding hydrogens is 608 g/mol. The second kappa shape index (κ2) is 13.2. The summed E-state index contributed by atoms with van der Waals surface area (Å²) in [6.45, 7) is 13.6. The summed E-state index contributed by atoms with van der Waals surface area (Å²) in [5, 5.41) is 0. The fourth-order valence-corrected chi connectivity index (χ4v) is 14.9. The van der Waals surface area contributed by atoms with Gasteiger partial charge in [0.2, 0.25) is 0 Å². The Bertz CT molecular complexity index is 1320. The van der Waals surface area contributed by atoms with E-state index in [1.807, 2.05) is 0 Å². The number of fused-ring (bicyclic) bond motifs is 10. The summed E-state index contributed by atoms with van der Waals surface area (Å²) in [4.78, 5) is 48.1. The summed E-state index contributed by atoms with van der Waals surface area (Å²) < 4.78 is 5.74. The SMILES string of the molecule is CC(=O)CCC(=O)OC1CCC2(C)C(CCC3C4CCC(=O)C4(C)CCC32)C1.CC1CCC2(C)C(CCC3C4CCC(=O)C4(C)CCC32)C1. The number of hydrogen-bond donors (Lipinski definition) is 0. The molecule has 0 aromatic heterocycles. The molecule has 274 valence electrons. The molecule has 8 fully saturated rings. The molecule has 0 aromatic carbocycles. The summed E-state index contributed by atoms with van der Waals surface area (Å²) in [6.07, 6.45) is 22.0. The van der Waals surface area contributed by atoms with E-state index in [1.165, 1.54) is 77.6 Å². The lowest BCUT2D eigenvalue weighted by atomic mass is 9.45. The van der Waals surface area contributed by atoms with Gasteiger partial charge in [-0.3, -0.25) is 14.4 Å². The van der Waals surface area contributed by atoms with Gasteiger partial charge >= 0.3 is 5.97 Å². The molecule has 8 aliphatic carbocycles. The van der Waals surface area contributed by atoms with Crippen LogP contribution in [-0.2, 0) is 23.9 Å². The standard InChI is InChI=1S/C24H36O4.C20H32O/c1-15(25)4-9-22(27)28-17-10-12-23(2)16(14-17)5-6-18-19-7-8-21(26)24(19,3)13-11-20(18)23;1-13-8-10-19(2)14(12-13)4-5-15-16-6-7-18(21)20(16,3)11-9-17(15)19/h16-20H,4-14H2,1-3H3;13-17H,4-12H2,1-3H3. The van der Waals surface area contributed by atoms with Gasteiger partial charge in [-0.25, -0.2) is 0 Å². The lowest BCUT2D eigenvalue weighted by Crippen LogP contribution is -2.54. The van der Waals surface area contributed by atoms with Crippen LogP contribution in [0.2, 0.25) is 0 Å². The predicted octanol–water partition coefficient (Wildman–Crippen LogP) is 10.1. The molecule has 0 bridgehead atoms. The number of Topliss-reactive ketones (excluding diaryl/α,β-unsaturated/α-hetero) is 3. The average molecular weight is 677 g/mol. The first-order valence-corrected chi connectivity index (χ1v) is 20.9. The van der Waals surface area contributed by atoms with Crippen LogP contribution in [0, 0.1) is 74.9 Å². The Morgan fingerprint density at radius 1 is 0.612 bits per heavy atom. The Morgan fingerprint density at radius 3 is 1.65 bits per heavy atom. The quantitative estimate of drug-likeness (QED) is 0.277. The van der Waals surface area contributed by atoms with Gasteiger partial charge in [0.15, 0.2) is 0 Å². The highest BCUT2D eigenvalue weighted by Gasteiger charge is 2.61. The van der Waals surface area contributed by atoms with Crippen molar-refractivity contribution < 1.29 is 23.9 Å². The molecule has 49 heavy (non-hydrogen) atoms. The predicted molar refractivity (Wildman–Crippen MR) is 192 cm³/mol. The second-order valence-electron chi connectivity index (χ2n) is 20.1. The minimum Gasteiger partial charge on any atom is -0.462 e. The highest BCUT2D eigenvalue weighted by molar-refractivity contribution is 5.87. The number of esters is 1. The molecule has 0 heterocycles. The molecule has 0 radical (unpaired) electrons. The Kier molecular flexibility index (Phi) is 9.63. The molecule has 0 aliphatic heterocycles. The molecule has 0 spiro atoms. The molecule has 0 aromatic rings. The van der Waals surface area contributed by atoms with Crippen molar-refractivity contribution in [2.24, 2.45) is 74.9 Å². The van der Waals surface area contributed by atoms with E-state index in [2.05, 4.69) is 34.6 Å². The smallest absolute Gasteiger partial charge is 0.306 e. The fourth-order valence-electron chi connectivity index (χ4n) is 14.9. The number of rotatable bonds is 4. The molecule has 8 aliphatic rings. The van der Waals surface area contributed by atoms with E-state index in [4.69, 9.17) is 4.74 Å². The van der Waals surface area contributed by atoms with Crippen molar-refractivity contribution in [1.82, 2.24) is 0 Å². The molecule has 5 nitrogen and oxygen atoms in total. The van der Waals surface area contributed by atoms with Crippen LogP contribution in [0.25, 0.3) is 0 Å². The number of ether oxygens (including phenoxy) is 1. The summed E-state index contributed by atoms with van der Waals surface area (Å²) in [6, 6.07) is 0. The molecule has 0 N–H and O–H groups in total. The van der Waals surface area contributed by atoms with E-state index >= 15 is 0 Å². The van der Waals surface area contributed by atoms with E-state index in [-0.39, 0.29) is 41.5 Å². The van der Waals surface area contributed by atoms with Crippen molar-refractivity contribution >= 4 is 23.3 Å². The minimum atomic E-state index is -0.213. The number of carbonyl (C=O) groups is 4. The van der Waals surface area contributed by atoms with E-state index in [0.717, 1.165) is 80.5 Å². The van der Waals surface area contributed by atoms with Crippen LogP contribution in [0.5, 0.6) is 0 Å². The molecule has 14 atom stereocenters. The van der Waals surface area contributed by atoms with Gasteiger partial charge in [-0.2, -0.15) is 0 Å². The normalized spacial score (nSPS) is 49.9. The van der Waals surface area contributed by atoms with Gasteiger partial charge in [0, 0.05) is 30.1 Å². The summed E-state index contributed by atoms with van der Waals surface area (Å²) >= 11 is 0. The van der Waals surface area contributed by atoms with Gasteiger partial charge in [-0.15, -0.1) is 0 Å². The van der Waals surface area contributed by atoms with Crippen LogP contribution in [0.1, 0.15) is 170 Å². The first kappa shape index (κ1) is 35.9. The van der Waals surface area contributed by atoms with Crippen molar-refractivity contribution in [3.8, 4) is 0 Å². The molecule has 0 saturated heterocycles. The zero-order valence-corrected chi connectivity index (χ0v) is 32.0. The van der Waals surface area contributed by atoms with Crippen LogP contribution in [0.15, 0.2) is 0 Å². The van der Waals surface area contributed by atoms with Gasteiger partial charge in [-0.1, -0.05) is 41.0 Å². The Balaban J connectivity index is 0.000000160. The summed E-state index contributed by atoms with van der Waals surface area (Å²) in [5.74, 6) is 8.03. The molecule has 8 saturated carbocycles. The van der Waals surface area contributed by atoms with Crippen molar-refractivity contribution in [3.63, 3.8) is 0 Å². The molecule has 8 rings (SSSR count). The van der Waals surface area contributed by atoms with Crippen molar-refractivity contribution in [1.29, 1.82) is 0 Å². The fraction of sp³-hybridized carbons (Fsp3) is 0.909. The summed E-state index contributed by atoms with van der Waals surface area (Å²) in [7, 11) is 0. The van der Waals surface area contributed by atoms with Crippen LogP contribution >= 0.6 is 0 Å². The maximum absolute atomic E-state index is 12.5. The van der Waals surface area contributed by atoms with Gasteiger partial charge in [0.05, 0.1) is 6.42 Å². The van der Waals surface area contributed by atoms with Crippen molar-refractivity contribution in [3.05, 3.63) is 0 Å². The van der Waals surface area contributed by atoms with Gasteiger partial charge in [0.1, 0.15) is 23.5 Å². The molecule has 0 amide bonds. The van der Waals surface area contributed by atoms with E-state index in [0.29, 0.717) is 40.2 Å². The van der Waals surface area contributed by atoms with Crippen molar-refractivity contribution in [2.75, 3.05) is 0 Å². The van der Waals surface area contributed by atoms with Gasteiger partial charge < -0.3 is 9.53 Å². The van der Waals surface area contributed by atoms with Gasteiger partial charge in [0.25, 0.3) is 0 Å².